The fourth-order valence-electron chi connectivity index (χ4n) is 4.81. The lowest BCUT2D eigenvalue weighted by atomic mass is 10.1. The molecule has 0 amide bonds. The summed E-state index contributed by atoms with van der Waals surface area (Å²) in [5, 5.41) is 2.60. The SMILES string of the molecule is CCCN(CCC)CCCOc1ccc2c(c1)sc1cc(OCCCN(CCC)CCC)ccc12. The van der Waals surface area contributed by atoms with Crippen LogP contribution in [0, 0.1) is 0 Å². The van der Waals surface area contributed by atoms with Crippen molar-refractivity contribution in [2.75, 3.05) is 52.5 Å². The third-order valence-electron chi connectivity index (χ3n) is 6.35. The van der Waals surface area contributed by atoms with Crippen molar-refractivity contribution in [1.29, 1.82) is 0 Å². The van der Waals surface area contributed by atoms with E-state index in [0.29, 0.717) is 0 Å². The fraction of sp³-hybridized carbons (Fsp3) is 0.600. The molecule has 2 aromatic carbocycles. The zero-order chi connectivity index (χ0) is 24.9. The third-order valence-corrected chi connectivity index (χ3v) is 7.47. The Morgan fingerprint density at radius 3 is 1.34 bits per heavy atom. The molecule has 3 rings (SSSR count). The van der Waals surface area contributed by atoms with Gasteiger partial charge in [0, 0.05) is 33.3 Å². The molecule has 0 fully saturated rings. The summed E-state index contributed by atoms with van der Waals surface area (Å²) in [6.45, 7) is 17.5. The van der Waals surface area contributed by atoms with Crippen LogP contribution in [0.4, 0.5) is 0 Å². The van der Waals surface area contributed by atoms with Crippen LogP contribution in [-0.2, 0) is 0 Å². The molecule has 0 N–H and O–H groups in total. The van der Waals surface area contributed by atoms with Crippen molar-refractivity contribution >= 4 is 31.5 Å². The Bertz CT molecular complexity index is 912. The summed E-state index contributed by atoms with van der Waals surface area (Å²) in [6.07, 6.45) is 7.00. The highest BCUT2D eigenvalue weighted by Crippen LogP contribution is 2.37. The largest absolute Gasteiger partial charge is 0.493 e. The predicted octanol–water partition coefficient (Wildman–Crippen LogP) is 7.84. The predicted molar refractivity (Wildman–Crippen MR) is 154 cm³/mol. The number of thiophene rings is 1. The minimum atomic E-state index is 0.770. The Kier molecular flexibility index (Phi) is 12.2. The van der Waals surface area contributed by atoms with Gasteiger partial charge >= 0.3 is 0 Å². The second-order valence-electron chi connectivity index (χ2n) is 9.51. The Morgan fingerprint density at radius 2 is 0.971 bits per heavy atom. The van der Waals surface area contributed by atoms with Gasteiger partial charge in [0.1, 0.15) is 11.5 Å². The molecule has 194 valence electrons. The van der Waals surface area contributed by atoms with Crippen molar-refractivity contribution in [2.45, 2.75) is 66.2 Å². The molecule has 0 spiro atoms. The summed E-state index contributed by atoms with van der Waals surface area (Å²) in [7, 11) is 0. The van der Waals surface area contributed by atoms with E-state index in [1.165, 1.54) is 72.0 Å². The summed E-state index contributed by atoms with van der Waals surface area (Å²) in [5.41, 5.74) is 0. The van der Waals surface area contributed by atoms with Crippen molar-refractivity contribution in [1.82, 2.24) is 9.80 Å². The second kappa shape index (κ2) is 15.3. The van der Waals surface area contributed by atoms with Crippen molar-refractivity contribution in [3.8, 4) is 11.5 Å². The summed E-state index contributed by atoms with van der Waals surface area (Å²) in [6, 6.07) is 13.1. The van der Waals surface area contributed by atoms with E-state index in [9.17, 15) is 0 Å². The van der Waals surface area contributed by atoms with Crippen molar-refractivity contribution < 1.29 is 9.47 Å². The summed E-state index contributed by atoms with van der Waals surface area (Å²) in [4.78, 5) is 5.09. The topological polar surface area (TPSA) is 24.9 Å². The first-order valence-electron chi connectivity index (χ1n) is 13.8. The molecule has 5 heteroatoms. The molecule has 0 bridgehead atoms. The van der Waals surface area contributed by atoms with Crippen LogP contribution in [0.3, 0.4) is 0 Å². The molecule has 0 atom stereocenters. The van der Waals surface area contributed by atoms with E-state index >= 15 is 0 Å². The number of rotatable bonds is 18. The molecule has 0 saturated carbocycles. The van der Waals surface area contributed by atoms with Gasteiger partial charge in [-0.15, -0.1) is 11.3 Å². The number of benzene rings is 2. The van der Waals surface area contributed by atoms with Gasteiger partial charge in [-0.25, -0.2) is 0 Å². The summed E-state index contributed by atoms with van der Waals surface area (Å²) in [5.74, 6) is 1.95. The van der Waals surface area contributed by atoms with Crippen LogP contribution in [0.15, 0.2) is 36.4 Å². The maximum absolute atomic E-state index is 6.11. The average molecular weight is 499 g/mol. The Hall–Kier alpha value is -1.82. The van der Waals surface area contributed by atoms with Gasteiger partial charge in [-0.3, -0.25) is 0 Å². The number of ether oxygens (including phenoxy) is 2. The molecule has 3 aromatic rings. The van der Waals surface area contributed by atoms with Gasteiger partial charge in [-0.2, -0.15) is 0 Å². The standard InChI is InChI=1S/C30H46N2O2S/c1-5-15-31(16-6-2)19-9-21-33-25-11-13-27-28-14-12-26(24-30(28)35-29(27)23-25)34-22-10-20-32(17-7-3)18-8-4/h11-14,23-24H,5-10,15-22H2,1-4H3. The minimum Gasteiger partial charge on any atom is -0.493 e. The molecule has 0 saturated heterocycles. The average Bonchev–Trinajstić information content (AvgIpc) is 3.22. The maximum Gasteiger partial charge on any atom is 0.120 e. The quantitative estimate of drug-likeness (QED) is 0.167. The fourth-order valence-corrected chi connectivity index (χ4v) is 5.97. The lowest BCUT2D eigenvalue weighted by Crippen LogP contribution is -2.27. The van der Waals surface area contributed by atoms with Crippen LogP contribution in [0.5, 0.6) is 11.5 Å². The minimum absolute atomic E-state index is 0.770. The van der Waals surface area contributed by atoms with E-state index in [2.05, 4.69) is 73.9 Å². The molecule has 35 heavy (non-hydrogen) atoms. The van der Waals surface area contributed by atoms with E-state index < -0.39 is 0 Å². The molecule has 0 aliphatic rings. The van der Waals surface area contributed by atoms with Gasteiger partial charge in [-0.05, 0) is 101 Å². The van der Waals surface area contributed by atoms with Crippen LogP contribution >= 0.6 is 11.3 Å². The molecule has 1 heterocycles. The maximum atomic E-state index is 6.11. The van der Waals surface area contributed by atoms with Crippen LogP contribution in [-0.4, -0.2) is 62.3 Å². The van der Waals surface area contributed by atoms with Gasteiger partial charge in [0.15, 0.2) is 0 Å². The third kappa shape index (κ3) is 8.66. The number of hydrogen-bond donors (Lipinski definition) is 0. The highest BCUT2D eigenvalue weighted by molar-refractivity contribution is 7.25. The van der Waals surface area contributed by atoms with Crippen molar-refractivity contribution in [3.05, 3.63) is 36.4 Å². The Morgan fingerprint density at radius 1 is 0.571 bits per heavy atom. The highest BCUT2D eigenvalue weighted by Gasteiger charge is 2.09. The molecular weight excluding hydrogens is 452 g/mol. The summed E-state index contributed by atoms with van der Waals surface area (Å²) < 4.78 is 14.8. The molecule has 4 nitrogen and oxygen atoms in total. The normalized spacial score (nSPS) is 11.8. The molecule has 0 unspecified atom stereocenters. The van der Waals surface area contributed by atoms with E-state index in [1.807, 2.05) is 11.3 Å². The second-order valence-corrected chi connectivity index (χ2v) is 10.6. The summed E-state index contributed by atoms with van der Waals surface area (Å²) >= 11 is 1.83. The monoisotopic (exact) mass is 498 g/mol. The van der Waals surface area contributed by atoms with E-state index in [1.54, 1.807) is 0 Å². The van der Waals surface area contributed by atoms with Crippen LogP contribution in [0.2, 0.25) is 0 Å². The first-order chi connectivity index (χ1) is 17.2. The zero-order valence-corrected chi connectivity index (χ0v) is 23.3. The van der Waals surface area contributed by atoms with Crippen molar-refractivity contribution in [2.24, 2.45) is 0 Å². The van der Waals surface area contributed by atoms with Crippen LogP contribution in [0.1, 0.15) is 66.2 Å². The molecule has 0 radical (unpaired) electrons. The number of nitrogens with zero attached hydrogens (tertiary/aromatic N) is 2. The van der Waals surface area contributed by atoms with Crippen LogP contribution in [0.25, 0.3) is 20.2 Å². The van der Waals surface area contributed by atoms with Gasteiger partial charge in [-0.1, -0.05) is 27.7 Å². The molecule has 0 aliphatic carbocycles. The van der Waals surface area contributed by atoms with Crippen molar-refractivity contribution in [3.63, 3.8) is 0 Å². The van der Waals surface area contributed by atoms with E-state index in [-0.39, 0.29) is 0 Å². The van der Waals surface area contributed by atoms with Crippen LogP contribution < -0.4 is 9.47 Å². The zero-order valence-electron chi connectivity index (χ0n) is 22.5. The molecule has 1 aromatic heterocycles. The first kappa shape index (κ1) is 27.8. The van der Waals surface area contributed by atoms with E-state index in [0.717, 1.165) is 50.6 Å². The lowest BCUT2D eigenvalue weighted by Gasteiger charge is -2.20. The number of hydrogen-bond acceptors (Lipinski definition) is 5. The highest BCUT2D eigenvalue weighted by atomic mass is 32.1. The van der Waals surface area contributed by atoms with Gasteiger partial charge in [0.25, 0.3) is 0 Å². The van der Waals surface area contributed by atoms with Gasteiger partial charge in [0.05, 0.1) is 13.2 Å². The number of fused-ring (bicyclic) bond motifs is 3. The Labute approximate surface area is 217 Å². The smallest absolute Gasteiger partial charge is 0.120 e. The van der Waals surface area contributed by atoms with E-state index in [4.69, 9.17) is 9.47 Å². The first-order valence-corrected chi connectivity index (χ1v) is 14.7. The Balaban J connectivity index is 1.53. The van der Waals surface area contributed by atoms with Gasteiger partial charge in [0.2, 0.25) is 0 Å². The van der Waals surface area contributed by atoms with Gasteiger partial charge < -0.3 is 19.3 Å². The molecule has 0 aliphatic heterocycles. The molecular formula is C30H46N2O2S. The lowest BCUT2D eigenvalue weighted by molar-refractivity contribution is 0.234.